The Morgan fingerprint density at radius 1 is 1.33 bits per heavy atom. The minimum Gasteiger partial charge on any atom is -0.488 e. The van der Waals surface area contributed by atoms with Crippen molar-refractivity contribution in [3.8, 4) is 16.9 Å². The molecule has 1 aliphatic heterocycles. The van der Waals surface area contributed by atoms with Crippen molar-refractivity contribution >= 4 is 11.6 Å². The van der Waals surface area contributed by atoms with E-state index in [1.807, 2.05) is 0 Å². The van der Waals surface area contributed by atoms with Crippen LogP contribution in [0, 0.1) is 5.82 Å². The van der Waals surface area contributed by atoms with Crippen molar-refractivity contribution in [1.29, 1.82) is 0 Å². The molecule has 1 aromatic heterocycles. The van der Waals surface area contributed by atoms with Crippen LogP contribution in [0.25, 0.3) is 11.1 Å². The summed E-state index contributed by atoms with van der Waals surface area (Å²) in [5.41, 5.74) is -1.87. The highest BCUT2D eigenvalue weighted by Gasteiger charge is 2.35. The summed E-state index contributed by atoms with van der Waals surface area (Å²) in [6, 6.07) is 2.75. The van der Waals surface area contributed by atoms with Crippen LogP contribution in [0.4, 0.5) is 17.6 Å². The van der Waals surface area contributed by atoms with Crippen LogP contribution >= 0.6 is 11.6 Å². The van der Waals surface area contributed by atoms with E-state index in [9.17, 15) is 22.4 Å². The van der Waals surface area contributed by atoms with Gasteiger partial charge in [-0.3, -0.25) is 4.79 Å². The average Bonchev–Trinajstić information content (AvgIpc) is 2.84. The van der Waals surface area contributed by atoms with Crippen molar-refractivity contribution in [1.82, 2.24) is 4.57 Å². The zero-order valence-corrected chi connectivity index (χ0v) is 13.4. The van der Waals surface area contributed by atoms with Crippen LogP contribution in [0.5, 0.6) is 5.75 Å². The molecule has 24 heavy (non-hydrogen) atoms. The summed E-state index contributed by atoms with van der Waals surface area (Å²) in [7, 11) is 1.00. The molecule has 0 N–H and O–H groups in total. The zero-order chi connectivity index (χ0) is 17.8. The molecule has 8 heteroatoms. The number of alkyl halides is 3. The van der Waals surface area contributed by atoms with Crippen LogP contribution in [0.1, 0.15) is 18.2 Å². The third-order valence-corrected chi connectivity index (χ3v) is 4.24. The van der Waals surface area contributed by atoms with Gasteiger partial charge in [0.05, 0.1) is 10.6 Å². The summed E-state index contributed by atoms with van der Waals surface area (Å²) in [6.45, 7) is 1.75. The van der Waals surface area contributed by atoms with E-state index >= 15 is 0 Å². The number of ether oxygens (including phenoxy) is 1. The lowest BCUT2D eigenvalue weighted by Crippen LogP contribution is -2.26. The van der Waals surface area contributed by atoms with Gasteiger partial charge in [-0.15, -0.1) is 0 Å². The fourth-order valence-corrected chi connectivity index (χ4v) is 3.16. The Morgan fingerprint density at radius 2 is 2.00 bits per heavy atom. The summed E-state index contributed by atoms with van der Waals surface area (Å²) < 4.78 is 59.1. The second-order valence-electron chi connectivity index (χ2n) is 5.65. The third kappa shape index (κ3) is 2.56. The smallest absolute Gasteiger partial charge is 0.431 e. The van der Waals surface area contributed by atoms with Crippen LogP contribution in [-0.2, 0) is 19.6 Å². The molecule has 3 rings (SSSR count). The van der Waals surface area contributed by atoms with Crippen molar-refractivity contribution in [3.05, 3.63) is 50.7 Å². The second kappa shape index (κ2) is 5.51. The first kappa shape index (κ1) is 16.8. The molecule has 0 fully saturated rings. The van der Waals surface area contributed by atoms with E-state index in [2.05, 4.69) is 0 Å². The first-order valence-electron chi connectivity index (χ1n) is 7.06. The predicted molar refractivity (Wildman–Crippen MR) is 80.9 cm³/mol. The lowest BCUT2D eigenvalue weighted by molar-refractivity contribution is -0.143. The summed E-state index contributed by atoms with van der Waals surface area (Å²) >= 11 is 5.96. The van der Waals surface area contributed by atoms with Gasteiger partial charge >= 0.3 is 6.18 Å². The second-order valence-corrected chi connectivity index (χ2v) is 6.06. The average molecular weight is 362 g/mol. The fourth-order valence-electron chi connectivity index (χ4n) is 2.90. The number of pyridine rings is 1. The van der Waals surface area contributed by atoms with Crippen molar-refractivity contribution in [2.75, 3.05) is 0 Å². The number of nitrogens with zero attached hydrogens (tertiary/aromatic N) is 1. The Hall–Kier alpha value is -2.02. The number of benzene rings is 1. The van der Waals surface area contributed by atoms with E-state index in [-0.39, 0.29) is 28.0 Å². The Labute approximate surface area is 139 Å². The van der Waals surface area contributed by atoms with Crippen molar-refractivity contribution in [2.45, 2.75) is 25.6 Å². The van der Waals surface area contributed by atoms with Gasteiger partial charge in [0, 0.05) is 24.6 Å². The highest BCUT2D eigenvalue weighted by molar-refractivity contribution is 6.32. The maximum Gasteiger partial charge on any atom is 0.431 e. The van der Waals surface area contributed by atoms with Crippen LogP contribution in [0.15, 0.2) is 23.0 Å². The minimum absolute atomic E-state index is 0.0620. The Balaban J connectivity index is 2.28. The van der Waals surface area contributed by atoms with Gasteiger partial charge in [0.15, 0.2) is 0 Å². The van der Waals surface area contributed by atoms with Crippen LogP contribution in [0.3, 0.4) is 0 Å². The molecule has 0 radical (unpaired) electrons. The molecule has 1 aromatic carbocycles. The molecule has 1 unspecified atom stereocenters. The maximum absolute atomic E-state index is 14.5. The molecule has 0 saturated heterocycles. The van der Waals surface area contributed by atoms with E-state index in [4.69, 9.17) is 16.3 Å². The largest absolute Gasteiger partial charge is 0.488 e. The standard InChI is InChI=1S/C16H12ClF4NO2/c1-7-5-9-13(11(18)6-10(17)14(9)24-7)8-3-4-12(16(19,20)21)22(2)15(8)23/h3-4,6-7H,5H2,1-2H3. The molecule has 1 aliphatic rings. The van der Waals surface area contributed by atoms with Crippen molar-refractivity contribution in [3.63, 3.8) is 0 Å². The number of halogens is 5. The molecule has 128 valence electrons. The highest BCUT2D eigenvalue weighted by atomic mass is 35.5. The van der Waals surface area contributed by atoms with Crippen molar-refractivity contribution in [2.24, 2.45) is 7.05 Å². The minimum atomic E-state index is -4.68. The van der Waals surface area contributed by atoms with E-state index in [0.717, 1.165) is 25.2 Å². The SMILES string of the molecule is CC1Cc2c(c(Cl)cc(F)c2-c2ccc(C(F)(F)F)n(C)c2=O)O1. The Kier molecular flexibility index (Phi) is 3.86. The van der Waals surface area contributed by atoms with Gasteiger partial charge in [-0.1, -0.05) is 11.6 Å². The van der Waals surface area contributed by atoms with Gasteiger partial charge in [0.1, 0.15) is 23.4 Å². The number of aromatic nitrogens is 1. The Morgan fingerprint density at radius 3 is 2.62 bits per heavy atom. The molecular formula is C16H12ClF4NO2. The number of fused-ring (bicyclic) bond motifs is 1. The normalized spacial score (nSPS) is 16.9. The molecule has 0 bridgehead atoms. The molecule has 0 aliphatic carbocycles. The van der Waals surface area contributed by atoms with Gasteiger partial charge in [-0.25, -0.2) is 4.39 Å². The molecule has 3 nitrogen and oxygen atoms in total. The number of rotatable bonds is 1. The van der Waals surface area contributed by atoms with E-state index in [1.54, 1.807) is 6.92 Å². The number of hydrogen-bond acceptors (Lipinski definition) is 2. The lowest BCUT2D eigenvalue weighted by Gasteiger charge is -2.15. The molecule has 0 amide bonds. The number of hydrogen-bond donors (Lipinski definition) is 0. The molecule has 1 atom stereocenters. The quantitative estimate of drug-likeness (QED) is 0.713. The molecular weight excluding hydrogens is 350 g/mol. The predicted octanol–water partition coefficient (Wildman–Crippen LogP) is 4.19. The van der Waals surface area contributed by atoms with E-state index in [0.29, 0.717) is 16.6 Å². The fraction of sp³-hybridized carbons (Fsp3) is 0.312. The summed E-state index contributed by atoms with van der Waals surface area (Å²) in [4.78, 5) is 12.4. The first-order chi connectivity index (χ1) is 11.1. The molecule has 2 heterocycles. The van der Waals surface area contributed by atoms with Crippen LogP contribution in [0.2, 0.25) is 5.02 Å². The molecule has 0 saturated carbocycles. The maximum atomic E-state index is 14.5. The molecule has 0 spiro atoms. The third-order valence-electron chi connectivity index (χ3n) is 3.96. The monoisotopic (exact) mass is 361 g/mol. The van der Waals surface area contributed by atoms with Crippen LogP contribution in [-0.4, -0.2) is 10.7 Å². The highest BCUT2D eigenvalue weighted by Crippen LogP contribution is 2.43. The summed E-state index contributed by atoms with van der Waals surface area (Å²) in [5.74, 6) is -0.504. The van der Waals surface area contributed by atoms with Gasteiger partial charge in [0.25, 0.3) is 5.56 Å². The zero-order valence-electron chi connectivity index (χ0n) is 12.7. The van der Waals surface area contributed by atoms with Crippen LogP contribution < -0.4 is 10.3 Å². The van der Waals surface area contributed by atoms with Gasteiger partial charge in [0.2, 0.25) is 0 Å². The summed E-state index contributed by atoms with van der Waals surface area (Å²) in [5, 5.41) is 0.0688. The first-order valence-corrected chi connectivity index (χ1v) is 7.44. The summed E-state index contributed by atoms with van der Waals surface area (Å²) in [6.07, 6.45) is -4.63. The lowest BCUT2D eigenvalue weighted by atomic mass is 9.96. The van der Waals surface area contributed by atoms with E-state index < -0.39 is 23.2 Å². The molecule has 2 aromatic rings. The Bertz CT molecular complexity index is 889. The van der Waals surface area contributed by atoms with Gasteiger partial charge < -0.3 is 9.30 Å². The topological polar surface area (TPSA) is 31.2 Å². The van der Waals surface area contributed by atoms with Gasteiger partial charge in [-0.05, 0) is 25.1 Å². The van der Waals surface area contributed by atoms with Crippen molar-refractivity contribution < 1.29 is 22.3 Å². The van der Waals surface area contributed by atoms with Gasteiger partial charge in [-0.2, -0.15) is 13.2 Å². The van der Waals surface area contributed by atoms with E-state index in [1.165, 1.54) is 0 Å².